The Morgan fingerprint density at radius 1 is 0.357 bits per heavy atom. The van der Waals surface area contributed by atoms with Crippen molar-refractivity contribution in [3.05, 3.63) is 12.2 Å². The summed E-state index contributed by atoms with van der Waals surface area (Å²) in [7, 11) is -10.4. The summed E-state index contributed by atoms with van der Waals surface area (Å²) in [5.74, 6) is -4.83. The highest BCUT2D eigenvalue weighted by molar-refractivity contribution is 7.51. The molecule has 0 aliphatic carbocycles. The number of amides is 2. The van der Waals surface area contributed by atoms with Crippen molar-refractivity contribution in [2.75, 3.05) is 19.9 Å². The molecule has 2 saturated heterocycles. The fourth-order valence-electron chi connectivity index (χ4n) is 17.4. The van der Waals surface area contributed by atoms with Crippen molar-refractivity contribution in [1.29, 1.82) is 0 Å². The highest BCUT2D eigenvalue weighted by Crippen LogP contribution is 2.44. The first-order valence-electron chi connectivity index (χ1n) is 52.6. The van der Waals surface area contributed by atoms with Gasteiger partial charge in [-0.15, -0.1) is 0 Å². The maximum Gasteiger partial charge on any atom is 0.470 e. The third-order valence-electron chi connectivity index (χ3n) is 25.1. The number of esters is 4. The maximum atomic E-state index is 15.3. The minimum Gasteiger partial charge on any atom is -0.462 e. The molecular weight excluding hydrogens is 1690 g/mol. The Hall–Kier alpha value is -3.46. The number of rotatable bonds is 89. The predicted octanol–water partition coefficient (Wildman–Crippen LogP) is 23.4. The standard InChI is InChI=1S/C101H190N2O24P2/c1-8-14-20-26-32-38-40-42-44-50-56-62-68-74-90(109)120-84(72-66-60-54-48-36-30-24-18-12-5)78-89(108)103-95-99(125-93(112)79-85(73-67-61-55-49-37-31-25-19-13-6)121-91(110)75-69-63-57-51-45-43-41-39-33-27-21-15-9-2)97(126-129(116,117)118)86(80-104)122-100(95)119-81-87-96(113)98(124-92(111)77-83(106)71-65-59-53-47-35-29-23-17-11-4)94(101(123-87)127-128(7,114)115)102-88(107)76-82(105)70-64-58-52-46-34-28-22-16-10-3/h38,40,82-87,94-101,104-106,113H,8-37,39,41-81H2,1-7H3,(H,102,107)(H,103,108)(H,114,115)(H2,116,117,118)/b40-38-/t82?,83?,84?,85?,86?,87?,94?,95?,96-,97-,98-,99-,100-,101?/m1/s1. The number of phosphoric acid groups is 1. The Morgan fingerprint density at radius 3 is 1.05 bits per heavy atom. The van der Waals surface area contributed by atoms with Crippen LogP contribution < -0.4 is 10.6 Å². The highest BCUT2D eigenvalue weighted by Gasteiger charge is 2.55. The van der Waals surface area contributed by atoms with Gasteiger partial charge in [-0.25, -0.2) is 4.57 Å². The van der Waals surface area contributed by atoms with Gasteiger partial charge in [-0.1, -0.05) is 388 Å². The topological polar surface area (TPSA) is 385 Å². The largest absolute Gasteiger partial charge is 0.470 e. The van der Waals surface area contributed by atoms with Crippen LogP contribution in [-0.2, 0) is 80.1 Å². The lowest BCUT2D eigenvalue weighted by molar-refractivity contribution is -0.296. The van der Waals surface area contributed by atoms with E-state index in [1.807, 2.05) is 0 Å². The molecule has 28 heteroatoms. The minimum absolute atomic E-state index is 0.0863. The van der Waals surface area contributed by atoms with Crippen LogP contribution in [0.25, 0.3) is 0 Å². The lowest BCUT2D eigenvalue weighted by atomic mass is 9.95. The summed E-state index contributed by atoms with van der Waals surface area (Å²) in [6.45, 7) is 11.9. The molecule has 9 N–H and O–H groups in total. The van der Waals surface area contributed by atoms with Gasteiger partial charge in [0.05, 0.1) is 51.1 Å². The molecule has 2 aliphatic rings. The van der Waals surface area contributed by atoms with Gasteiger partial charge in [-0.3, -0.25) is 42.4 Å². The Morgan fingerprint density at radius 2 is 0.667 bits per heavy atom. The lowest BCUT2D eigenvalue weighted by Crippen LogP contribution is -2.68. The van der Waals surface area contributed by atoms with Crippen LogP contribution in [0.5, 0.6) is 0 Å². The van der Waals surface area contributed by atoms with Crippen molar-refractivity contribution in [1.82, 2.24) is 10.6 Å². The normalized spacial score (nSPS) is 20.4. The smallest absolute Gasteiger partial charge is 0.462 e. The van der Waals surface area contributed by atoms with Crippen LogP contribution >= 0.6 is 15.4 Å². The number of hydrogen-bond acceptors (Lipinski definition) is 21. The molecule has 129 heavy (non-hydrogen) atoms. The Bertz CT molecular complexity index is 2870. The third kappa shape index (κ3) is 66.6. The molecule has 10 unspecified atom stereocenters. The number of hydrogen-bond donors (Lipinski definition) is 9. The molecule has 0 radical (unpaired) electrons. The van der Waals surface area contributed by atoms with Gasteiger partial charge in [0.1, 0.15) is 48.7 Å². The van der Waals surface area contributed by atoms with Crippen LogP contribution in [0.15, 0.2) is 12.2 Å². The van der Waals surface area contributed by atoms with Gasteiger partial charge in [0, 0.05) is 19.5 Å². The van der Waals surface area contributed by atoms with Gasteiger partial charge in [-0.05, 0) is 77.0 Å². The SMILES string of the molecule is CCCCCC/C=C\CCCCCCCC(=O)OC(CCCCCCCCCCC)CC(=O)NC1[C@H](OCC2OC(OP(C)(=O)O)C(NC(=O)CC(O)CCCCCCCCCCC)[C@@H](OC(=O)CC(O)CCCCCCCCCCC)[C@@H]2O)OC(CO)[C@@H](OP(=O)(O)O)[C@@H]1OC(=O)CC(CCCCCCCCCCC)OC(=O)CCCCCCCCCCCCCCC. The summed E-state index contributed by atoms with van der Waals surface area (Å²) in [6.07, 6.45) is 44.9. The van der Waals surface area contributed by atoms with E-state index < -0.39 is 176 Å². The molecule has 0 saturated carbocycles. The fourth-order valence-corrected chi connectivity index (χ4v) is 18.5. The van der Waals surface area contributed by atoms with Gasteiger partial charge >= 0.3 is 39.3 Å². The van der Waals surface area contributed by atoms with Crippen LogP contribution in [0, 0.1) is 0 Å². The van der Waals surface area contributed by atoms with Crippen LogP contribution in [0.1, 0.15) is 491 Å². The first kappa shape index (κ1) is 122. The van der Waals surface area contributed by atoms with Crippen LogP contribution in [-0.4, -0.2) is 176 Å². The molecule has 0 bridgehead atoms. The summed E-state index contributed by atoms with van der Waals surface area (Å²) in [5, 5.41) is 52.0. The summed E-state index contributed by atoms with van der Waals surface area (Å²) >= 11 is 0. The Balaban J connectivity index is 2.83. The van der Waals surface area contributed by atoms with E-state index in [-0.39, 0.29) is 38.5 Å². The Labute approximate surface area is 781 Å². The first-order chi connectivity index (χ1) is 62.3. The van der Waals surface area contributed by atoms with E-state index in [9.17, 15) is 63.4 Å². The fraction of sp³-hybridized carbons (Fsp3) is 0.921. The monoisotopic (exact) mass is 1880 g/mol. The van der Waals surface area contributed by atoms with Crippen molar-refractivity contribution < 1.29 is 115 Å². The summed E-state index contributed by atoms with van der Waals surface area (Å²) in [6, 6.07) is -3.67. The van der Waals surface area contributed by atoms with E-state index >= 15 is 9.59 Å². The quantitative estimate of drug-likeness (QED) is 0.00898. The minimum atomic E-state index is -5.67. The van der Waals surface area contributed by atoms with Crippen molar-refractivity contribution >= 4 is 51.1 Å². The average Bonchev–Trinajstić information content (AvgIpc) is 0.770. The molecule has 2 heterocycles. The second kappa shape index (κ2) is 80.6. The Kier molecular flexibility index (Phi) is 76.0. The van der Waals surface area contributed by atoms with E-state index in [0.717, 1.165) is 251 Å². The zero-order valence-electron chi connectivity index (χ0n) is 82.1. The number of unbranched alkanes of at least 4 members (excludes halogenated alkanes) is 53. The molecule has 2 aliphatic heterocycles. The van der Waals surface area contributed by atoms with E-state index in [1.54, 1.807) is 0 Å². The number of allylic oxidation sites excluding steroid dienone is 2. The number of carbonyl (C=O) groups is 6. The molecule has 0 aromatic carbocycles. The molecule has 0 aromatic rings. The molecule has 2 amide bonds. The van der Waals surface area contributed by atoms with E-state index in [0.29, 0.717) is 38.5 Å². The summed E-state index contributed by atoms with van der Waals surface area (Å²) < 4.78 is 81.7. The number of ether oxygens (including phenoxy) is 7. The number of aliphatic hydroxyl groups excluding tert-OH is 4. The van der Waals surface area contributed by atoms with Crippen LogP contribution in [0.3, 0.4) is 0 Å². The number of aliphatic hydroxyl groups is 4. The van der Waals surface area contributed by atoms with Gasteiger partial charge in [-0.2, -0.15) is 0 Å². The maximum absolute atomic E-state index is 15.3. The molecule has 26 nitrogen and oxygen atoms in total. The first-order valence-corrected chi connectivity index (χ1v) is 56.2. The average molecular weight is 1880 g/mol. The van der Waals surface area contributed by atoms with E-state index in [2.05, 4.69) is 64.3 Å². The molecule has 758 valence electrons. The van der Waals surface area contributed by atoms with Gasteiger partial charge in [0.25, 0.3) is 0 Å². The van der Waals surface area contributed by atoms with Crippen molar-refractivity contribution in [3.63, 3.8) is 0 Å². The molecular formula is C101H190N2O24P2. The number of phosphoric ester groups is 1. The number of nitrogens with one attached hydrogen (secondary N) is 2. The van der Waals surface area contributed by atoms with E-state index in [1.165, 1.54) is 103 Å². The van der Waals surface area contributed by atoms with Crippen molar-refractivity contribution in [3.8, 4) is 0 Å². The summed E-state index contributed by atoms with van der Waals surface area (Å²) in [5.41, 5.74) is 0. The zero-order chi connectivity index (χ0) is 94.7. The third-order valence-corrected chi connectivity index (χ3v) is 26.2. The van der Waals surface area contributed by atoms with E-state index in [4.69, 9.17) is 42.2 Å². The molecule has 2 fully saturated rings. The van der Waals surface area contributed by atoms with Gasteiger partial charge in [0.2, 0.25) is 11.8 Å². The molecule has 0 aromatic heterocycles. The summed E-state index contributed by atoms with van der Waals surface area (Å²) in [4.78, 5) is 119. The van der Waals surface area contributed by atoms with Crippen molar-refractivity contribution in [2.45, 2.75) is 577 Å². The predicted molar refractivity (Wildman–Crippen MR) is 512 cm³/mol. The number of carbonyl (C=O) groups excluding carboxylic acids is 6. The molecule has 2 rings (SSSR count). The molecule has 0 spiro atoms. The van der Waals surface area contributed by atoms with Crippen LogP contribution in [0.4, 0.5) is 0 Å². The van der Waals surface area contributed by atoms with Crippen molar-refractivity contribution in [2.24, 2.45) is 0 Å². The molecule has 15 atom stereocenters. The zero-order valence-corrected chi connectivity index (χ0v) is 83.9. The van der Waals surface area contributed by atoms with Gasteiger partial charge < -0.3 is 78.9 Å². The van der Waals surface area contributed by atoms with Gasteiger partial charge in [0.15, 0.2) is 24.8 Å². The second-order valence-corrected chi connectivity index (χ2v) is 40.6. The van der Waals surface area contributed by atoms with Crippen LogP contribution in [0.2, 0.25) is 0 Å². The second-order valence-electron chi connectivity index (χ2n) is 37.6. The highest BCUT2D eigenvalue weighted by atomic mass is 31.2. The lowest BCUT2D eigenvalue weighted by Gasteiger charge is -2.47.